The van der Waals surface area contributed by atoms with Gasteiger partial charge < -0.3 is 14.2 Å². The van der Waals surface area contributed by atoms with Crippen LogP contribution in [0.3, 0.4) is 0 Å². The van der Waals surface area contributed by atoms with Gasteiger partial charge in [0.15, 0.2) is 0 Å². The van der Waals surface area contributed by atoms with E-state index < -0.39 is 0 Å². The summed E-state index contributed by atoms with van der Waals surface area (Å²) < 4.78 is 7.26. The van der Waals surface area contributed by atoms with Crippen LogP contribution in [0.25, 0.3) is 0 Å². The van der Waals surface area contributed by atoms with E-state index >= 15 is 0 Å². The molecule has 2 aliphatic heterocycles. The van der Waals surface area contributed by atoms with E-state index in [1.54, 1.807) is 0 Å². The van der Waals surface area contributed by atoms with E-state index in [0.29, 0.717) is 0 Å². The quantitative estimate of drug-likeness (QED) is 0.705. The van der Waals surface area contributed by atoms with Crippen LogP contribution in [0.4, 0.5) is 0 Å². The van der Waals surface area contributed by atoms with Crippen LogP contribution < -0.4 is 0 Å². The number of rotatable bonds is 4. The molecule has 2 aliphatic rings. The Labute approximate surface area is 101 Å². The maximum atomic E-state index is 5.13. The summed E-state index contributed by atoms with van der Waals surface area (Å²) in [6, 6.07) is 0. The molecule has 0 bridgehead atoms. The van der Waals surface area contributed by atoms with Gasteiger partial charge in [-0.3, -0.25) is 4.90 Å². The molecule has 5 heteroatoms. The lowest BCUT2D eigenvalue weighted by Gasteiger charge is -2.33. The smallest absolute Gasteiger partial charge is 0.150 e. The average molecular weight is 234 g/mol. The highest BCUT2D eigenvalue weighted by atomic mass is 16.6. The van der Waals surface area contributed by atoms with Gasteiger partial charge in [-0.25, -0.2) is 4.98 Å². The molecule has 2 saturated heterocycles. The molecule has 5 nitrogen and oxygen atoms in total. The standard InChI is InChI=1S/C12H18N4O/c1-2-16(11-13-1)8-5-14-3-6-15(7-4-14)9-12-10-17-12/h1-2,9,11H,3-8,10H2/b12-9-. The summed E-state index contributed by atoms with van der Waals surface area (Å²) in [6.07, 6.45) is 7.89. The van der Waals surface area contributed by atoms with Crippen LogP contribution in [0.1, 0.15) is 0 Å². The molecular formula is C12H18N4O. The summed E-state index contributed by atoms with van der Waals surface area (Å²) in [6.45, 7) is 7.47. The third-order valence-corrected chi connectivity index (χ3v) is 3.28. The summed E-state index contributed by atoms with van der Waals surface area (Å²) in [7, 11) is 0. The molecular weight excluding hydrogens is 216 g/mol. The Balaban J connectivity index is 1.40. The third-order valence-electron chi connectivity index (χ3n) is 3.28. The van der Waals surface area contributed by atoms with Gasteiger partial charge in [-0.05, 0) is 0 Å². The highest BCUT2D eigenvalue weighted by Crippen LogP contribution is 2.15. The Morgan fingerprint density at radius 2 is 2.06 bits per heavy atom. The second kappa shape index (κ2) is 4.79. The Bertz CT molecular complexity index is 373. The molecule has 0 saturated carbocycles. The zero-order chi connectivity index (χ0) is 11.5. The minimum absolute atomic E-state index is 0.834. The summed E-state index contributed by atoms with van der Waals surface area (Å²) in [5.74, 6) is 1.14. The van der Waals surface area contributed by atoms with E-state index in [1.807, 2.05) is 18.7 Å². The number of epoxide rings is 1. The molecule has 2 fully saturated rings. The Kier molecular flexibility index (Phi) is 3.00. The monoisotopic (exact) mass is 234 g/mol. The lowest BCUT2D eigenvalue weighted by atomic mass is 10.3. The SMILES string of the molecule is C(=C1\CO1)/N1CCN(CCn2ccnc2)CC1. The van der Waals surface area contributed by atoms with Gasteiger partial charge in [0.05, 0.1) is 6.33 Å². The van der Waals surface area contributed by atoms with Crippen LogP contribution in [0.15, 0.2) is 30.7 Å². The largest absolute Gasteiger partial charge is 0.485 e. The first-order valence-corrected chi connectivity index (χ1v) is 6.16. The minimum atomic E-state index is 0.834. The van der Waals surface area contributed by atoms with Gasteiger partial charge in [0.1, 0.15) is 12.4 Å². The highest BCUT2D eigenvalue weighted by molar-refractivity contribution is 5.04. The maximum Gasteiger partial charge on any atom is 0.150 e. The first-order chi connectivity index (χ1) is 8.40. The van der Waals surface area contributed by atoms with Crippen LogP contribution in [-0.4, -0.2) is 58.7 Å². The Hall–Kier alpha value is -1.49. The molecule has 0 atom stereocenters. The summed E-state index contributed by atoms with van der Waals surface area (Å²) in [4.78, 5) is 8.91. The summed E-state index contributed by atoms with van der Waals surface area (Å²) in [5.41, 5.74) is 0. The fourth-order valence-corrected chi connectivity index (χ4v) is 2.11. The lowest BCUT2D eigenvalue weighted by molar-refractivity contribution is 0.163. The van der Waals surface area contributed by atoms with E-state index in [4.69, 9.17) is 4.74 Å². The summed E-state index contributed by atoms with van der Waals surface area (Å²) >= 11 is 0. The van der Waals surface area contributed by atoms with Crippen molar-refractivity contribution >= 4 is 0 Å². The van der Waals surface area contributed by atoms with Gasteiger partial charge >= 0.3 is 0 Å². The molecule has 0 spiro atoms. The predicted octanol–water partition coefficient (Wildman–Crippen LogP) is 0.372. The number of piperazine rings is 1. The van der Waals surface area contributed by atoms with Crippen molar-refractivity contribution in [1.29, 1.82) is 0 Å². The number of ether oxygens (including phenoxy) is 1. The van der Waals surface area contributed by atoms with Crippen molar-refractivity contribution in [3.63, 3.8) is 0 Å². The molecule has 0 aliphatic carbocycles. The van der Waals surface area contributed by atoms with Gasteiger partial charge in [-0.2, -0.15) is 0 Å². The molecule has 0 N–H and O–H groups in total. The van der Waals surface area contributed by atoms with Crippen molar-refractivity contribution in [2.75, 3.05) is 39.3 Å². The number of imidazole rings is 1. The maximum absolute atomic E-state index is 5.13. The van der Waals surface area contributed by atoms with Crippen LogP contribution >= 0.6 is 0 Å². The van der Waals surface area contributed by atoms with Crippen molar-refractivity contribution in [1.82, 2.24) is 19.4 Å². The fourth-order valence-electron chi connectivity index (χ4n) is 2.11. The first-order valence-electron chi connectivity index (χ1n) is 6.16. The zero-order valence-corrected chi connectivity index (χ0v) is 9.96. The third kappa shape index (κ3) is 3.00. The number of nitrogens with zero attached hydrogens (tertiary/aromatic N) is 4. The van der Waals surface area contributed by atoms with Gasteiger partial charge in [0.25, 0.3) is 0 Å². The average Bonchev–Trinajstić information content (AvgIpc) is 3.02. The van der Waals surface area contributed by atoms with Gasteiger partial charge in [-0.1, -0.05) is 0 Å². The van der Waals surface area contributed by atoms with E-state index in [2.05, 4.69) is 25.6 Å². The van der Waals surface area contributed by atoms with E-state index in [1.165, 1.54) is 0 Å². The first kappa shape index (κ1) is 10.7. The van der Waals surface area contributed by atoms with Crippen molar-refractivity contribution < 1.29 is 4.74 Å². The van der Waals surface area contributed by atoms with E-state index in [9.17, 15) is 0 Å². The summed E-state index contributed by atoms with van der Waals surface area (Å²) in [5, 5.41) is 0. The topological polar surface area (TPSA) is 36.8 Å². The molecule has 17 heavy (non-hydrogen) atoms. The van der Waals surface area contributed by atoms with Crippen LogP contribution in [-0.2, 0) is 11.3 Å². The van der Waals surface area contributed by atoms with Crippen LogP contribution in [0, 0.1) is 0 Å². The molecule has 92 valence electrons. The fraction of sp³-hybridized carbons (Fsp3) is 0.583. The minimum Gasteiger partial charge on any atom is -0.485 e. The predicted molar refractivity (Wildman–Crippen MR) is 64.3 cm³/mol. The van der Waals surface area contributed by atoms with Crippen molar-refractivity contribution in [2.24, 2.45) is 0 Å². The molecule has 3 heterocycles. The van der Waals surface area contributed by atoms with Gasteiger partial charge in [-0.15, -0.1) is 0 Å². The Morgan fingerprint density at radius 1 is 1.24 bits per heavy atom. The number of aromatic nitrogens is 2. The van der Waals surface area contributed by atoms with Crippen molar-refractivity contribution in [2.45, 2.75) is 6.54 Å². The number of hydrogen-bond acceptors (Lipinski definition) is 4. The molecule has 0 radical (unpaired) electrons. The van der Waals surface area contributed by atoms with Crippen molar-refractivity contribution in [3.8, 4) is 0 Å². The molecule has 0 unspecified atom stereocenters. The normalized spacial score (nSPS) is 22.8. The molecule has 1 aromatic rings. The molecule has 3 rings (SSSR count). The number of hydrogen-bond donors (Lipinski definition) is 0. The Morgan fingerprint density at radius 3 is 2.71 bits per heavy atom. The molecule has 0 aromatic carbocycles. The van der Waals surface area contributed by atoms with E-state index in [-0.39, 0.29) is 0 Å². The lowest BCUT2D eigenvalue weighted by Crippen LogP contribution is -2.45. The molecule has 1 aromatic heterocycles. The van der Waals surface area contributed by atoms with Gasteiger partial charge in [0, 0.05) is 57.9 Å². The van der Waals surface area contributed by atoms with Crippen LogP contribution in [0.5, 0.6) is 0 Å². The second-order valence-electron chi connectivity index (χ2n) is 4.56. The molecule has 0 amide bonds. The second-order valence-corrected chi connectivity index (χ2v) is 4.56. The van der Waals surface area contributed by atoms with E-state index in [0.717, 1.165) is 51.6 Å². The van der Waals surface area contributed by atoms with Crippen LogP contribution in [0.2, 0.25) is 0 Å². The highest BCUT2D eigenvalue weighted by Gasteiger charge is 2.18. The zero-order valence-electron chi connectivity index (χ0n) is 9.96. The van der Waals surface area contributed by atoms with Gasteiger partial charge in [0.2, 0.25) is 0 Å². The van der Waals surface area contributed by atoms with Crippen molar-refractivity contribution in [3.05, 3.63) is 30.7 Å².